The summed E-state index contributed by atoms with van der Waals surface area (Å²) >= 11 is 0. The van der Waals surface area contributed by atoms with Crippen molar-refractivity contribution in [3.8, 4) is 6.07 Å². The summed E-state index contributed by atoms with van der Waals surface area (Å²) in [5.74, 6) is 0.432. The van der Waals surface area contributed by atoms with Gasteiger partial charge in [0.05, 0.1) is 6.07 Å². The van der Waals surface area contributed by atoms with E-state index in [0.29, 0.717) is 11.5 Å². The van der Waals surface area contributed by atoms with Crippen molar-refractivity contribution in [1.29, 1.82) is 5.26 Å². The van der Waals surface area contributed by atoms with Crippen LogP contribution in [-0.4, -0.2) is 30.5 Å². The zero-order valence-electron chi connectivity index (χ0n) is 10.2. The fraction of sp³-hybridized carbons (Fsp3) is 0.636. The van der Waals surface area contributed by atoms with Gasteiger partial charge in [-0.15, -0.1) is 0 Å². The second kappa shape index (κ2) is 5.08. The third-order valence-electron chi connectivity index (χ3n) is 2.76. The standard InChI is InChI=1S/C11H15N3O3S/c1-9-7-10(13-17-9)8-18(15,16)14(6-2-5-12)11-3-4-11/h7,11H,2-4,6,8H2,1H3. The number of rotatable bonds is 6. The van der Waals surface area contributed by atoms with E-state index >= 15 is 0 Å². The summed E-state index contributed by atoms with van der Waals surface area (Å²) < 4.78 is 30.8. The Balaban J connectivity index is 2.10. The van der Waals surface area contributed by atoms with Crippen molar-refractivity contribution in [2.75, 3.05) is 6.54 Å². The number of hydrogen-bond donors (Lipinski definition) is 0. The minimum atomic E-state index is -3.41. The molecule has 1 fully saturated rings. The topological polar surface area (TPSA) is 87.2 Å². The first kappa shape index (κ1) is 13.1. The Morgan fingerprint density at radius 1 is 1.61 bits per heavy atom. The first-order chi connectivity index (χ1) is 8.53. The van der Waals surface area contributed by atoms with Crippen LogP contribution in [0.2, 0.25) is 0 Å². The van der Waals surface area contributed by atoms with Gasteiger partial charge in [-0.25, -0.2) is 8.42 Å². The maximum Gasteiger partial charge on any atom is 0.220 e. The first-order valence-corrected chi connectivity index (χ1v) is 7.42. The third-order valence-corrected chi connectivity index (χ3v) is 4.62. The van der Waals surface area contributed by atoms with Gasteiger partial charge < -0.3 is 4.52 Å². The molecule has 2 rings (SSSR count). The average Bonchev–Trinajstić information content (AvgIpc) is 3.03. The molecular formula is C11H15N3O3S. The average molecular weight is 269 g/mol. The van der Waals surface area contributed by atoms with E-state index in [0.717, 1.165) is 12.8 Å². The molecule has 0 radical (unpaired) electrons. The molecule has 1 aromatic rings. The van der Waals surface area contributed by atoms with Crippen LogP contribution in [0.25, 0.3) is 0 Å². The van der Waals surface area contributed by atoms with Gasteiger partial charge in [0.15, 0.2) is 0 Å². The van der Waals surface area contributed by atoms with Gasteiger partial charge in [-0.3, -0.25) is 0 Å². The zero-order chi connectivity index (χ0) is 13.2. The predicted molar refractivity (Wildman–Crippen MR) is 63.8 cm³/mol. The number of nitriles is 1. The number of nitrogens with zero attached hydrogens (tertiary/aromatic N) is 3. The summed E-state index contributed by atoms with van der Waals surface area (Å²) in [6.45, 7) is 1.98. The van der Waals surface area contributed by atoms with Crippen LogP contribution < -0.4 is 0 Å². The van der Waals surface area contributed by atoms with Crippen molar-refractivity contribution in [3.63, 3.8) is 0 Å². The molecule has 0 N–H and O–H groups in total. The van der Waals surface area contributed by atoms with Gasteiger partial charge in [-0.2, -0.15) is 9.57 Å². The Labute approximate surface area is 106 Å². The highest BCUT2D eigenvalue weighted by Crippen LogP contribution is 2.30. The monoisotopic (exact) mass is 269 g/mol. The van der Waals surface area contributed by atoms with Gasteiger partial charge in [-0.1, -0.05) is 5.16 Å². The summed E-state index contributed by atoms with van der Waals surface area (Å²) in [6.07, 6.45) is 1.97. The van der Waals surface area contributed by atoms with Crippen LogP contribution in [0.4, 0.5) is 0 Å². The second-order valence-electron chi connectivity index (χ2n) is 4.44. The van der Waals surface area contributed by atoms with Crippen LogP contribution in [0.15, 0.2) is 10.6 Å². The smallest absolute Gasteiger partial charge is 0.220 e. The fourth-order valence-electron chi connectivity index (χ4n) is 1.83. The van der Waals surface area contributed by atoms with Gasteiger partial charge in [0.25, 0.3) is 0 Å². The summed E-state index contributed by atoms with van der Waals surface area (Å²) in [5.41, 5.74) is 0.412. The third kappa shape index (κ3) is 3.09. The summed E-state index contributed by atoms with van der Waals surface area (Å²) in [5, 5.41) is 12.3. The van der Waals surface area contributed by atoms with Crippen LogP contribution in [-0.2, 0) is 15.8 Å². The van der Waals surface area contributed by atoms with Gasteiger partial charge in [0, 0.05) is 25.1 Å². The molecule has 98 valence electrons. The van der Waals surface area contributed by atoms with Crippen molar-refractivity contribution in [2.45, 2.75) is 38.0 Å². The molecular weight excluding hydrogens is 254 g/mol. The molecule has 0 atom stereocenters. The largest absolute Gasteiger partial charge is 0.361 e. The van der Waals surface area contributed by atoms with Crippen LogP contribution in [0.3, 0.4) is 0 Å². The summed E-state index contributed by atoms with van der Waals surface area (Å²) in [4.78, 5) is 0. The maximum absolute atomic E-state index is 12.2. The highest BCUT2D eigenvalue weighted by atomic mass is 32.2. The number of aryl methyl sites for hydroxylation is 1. The number of aromatic nitrogens is 1. The molecule has 1 aromatic heterocycles. The van der Waals surface area contributed by atoms with Crippen LogP contribution in [0, 0.1) is 18.3 Å². The molecule has 1 aliphatic carbocycles. The Hall–Kier alpha value is -1.39. The molecule has 1 saturated carbocycles. The van der Waals surface area contributed by atoms with Crippen molar-refractivity contribution >= 4 is 10.0 Å². The lowest BCUT2D eigenvalue weighted by molar-refractivity contribution is 0.388. The molecule has 6 nitrogen and oxygen atoms in total. The Morgan fingerprint density at radius 2 is 2.33 bits per heavy atom. The molecule has 0 bridgehead atoms. The first-order valence-electron chi connectivity index (χ1n) is 5.81. The van der Waals surface area contributed by atoms with E-state index in [1.807, 2.05) is 6.07 Å². The molecule has 0 aliphatic heterocycles. The minimum Gasteiger partial charge on any atom is -0.361 e. The van der Waals surface area contributed by atoms with Crippen molar-refractivity contribution < 1.29 is 12.9 Å². The molecule has 7 heteroatoms. The van der Waals surface area contributed by atoms with Gasteiger partial charge in [-0.05, 0) is 19.8 Å². The highest BCUT2D eigenvalue weighted by Gasteiger charge is 2.37. The molecule has 0 amide bonds. The lowest BCUT2D eigenvalue weighted by Crippen LogP contribution is -2.35. The molecule has 1 aliphatic rings. The normalized spacial score (nSPS) is 15.8. The number of hydrogen-bond acceptors (Lipinski definition) is 5. The SMILES string of the molecule is Cc1cc(CS(=O)(=O)N(CCC#N)C2CC2)no1. The van der Waals surface area contributed by atoms with E-state index in [1.165, 1.54) is 4.31 Å². The second-order valence-corrected chi connectivity index (χ2v) is 6.36. The molecule has 0 spiro atoms. The van der Waals surface area contributed by atoms with E-state index in [9.17, 15) is 8.42 Å². The Morgan fingerprint density at radius 3 is 2.83 bits per heavy atom. The van der Waals surface area contributed by atoms with E-state index in [-0.39, 0.29) is 24.8 Å². The van der Waals surface area contributed by atoms with Gasteiger partial charge in [0.2, 0.25) is 10.0 Å². The van der Waals surface area contributed by atoms with E-state index < -0.39 is 10.0 Å². The maximum atomic E-state index is 12.2. The summed E-state index contributed by atoms with van der Waals surface area (Å²) in [7, 11) is -3.41. The van der Waals surface area contributed by atoms with Crippen molar-refractivity contribution in [1.82, 2.24) is 9.46 Å². The highest BCUT2D eigenvalue weighted by molar-refractivity contribution is 7.88. The van der Waals surface area contributed by atoms with E-state index in [1.54, 1.807) is 13.0 Å². The molecule has 0 saturated heterocycles. The predicted octanol–water partition coefficient (Wildman–Crippen LogP) is 1.19. The molecule has 1 heterocycles. The van der Waals surface area contributed by atoms with Gasteiger partial charge in [0.1, 0.15) is 17.2 Å². The fourth-order valence-corrected chi connectivity index (χ4v) is 3.54. The van der Waals surface area contributed by atoms with Crippen LogP contribution in [0.5, 0.6) is 0 Å². The zero-order valence-corrected chi connectivity index (χ0v) is 11.0. The minimum absolute atomic E-state index is 0.0661. The Kier molecular flexibility index (Phi) is 3.68. The van der Waals surface area contributed by atoms with Gasteiger partial charge >= 0.3 is 0 Å². The van der Waals surface area contributed by atoms with E-state index in [2.05, 4.69) is 5.16 Å². The molecule has 0 aromatic carbocycles. The molecule has 18 heavy (non-hydrogen) atoms. The lowest BCUT2D eigenvalue weighted by Gasteiger charge is -2.19. The van der Waals surface area contributed by atoms with E-state index in [4.69, 9.17) is 9.78 Å². The molecule has 0 unspecified atom stereocenters. The summed E-state index contributed by atoms with van der Waals surface area (Å²) in [6, 6.07) is 3.66. The number of sulfonamides is 1. The van der Waals surface area contributed by atoms with Crippen LogP contribution in [0.1, 0.15) is 30.7 Å². The van der Waals surface area contributed by atoms with Crippen LogP contribution >= 0.6 is 0 Å². The van der Waals surface area contributed by atoms with Crippen molar-refractivity contribution in [2.24, 2.45) is 0 Å². The quantitative estimate of drug-likeness (QED) is 0.774. The Bertz CT molecular complexity index is 554. The lowest BCUT2D eigenvalue weighted by atomic mass is 10.4. The van der Waals surface area contributed by atoms with Crippen molar-refractivity contribution in [3.05, 3.63) is 17.5 Å².